The second kappa shape index (κ2) is 6.06. The predicted octanol–water partition coefficient (Wildman–Crippen LogP) is 2.88. The number of aryl methyl sites for hydroxylation is 1. The summed E-state index contributed by atoms with van der Waals surface area (Å²) in [4.78, 5) is 14.3. The lowest BCUT2D eigenvalue weighted by atomic mass is 9.91. The predicted molar refractivity (Wildman–Crippen MR) is 84.4 cm³/mol. The van der Waals surface area contributed by atoms with Gasteiger partial charge in [-0.25, -0.2) is 4.79 Å². The lowest BCUT2D eigenvalue weighted by molar-refractivity contribution is 0.0121. The molecule has 21 heavy (non-hydrogen) atoms. The zero-order chi connectivity index (χ0) is 15.6. The summed E-state index contributed by atoms with van der Waals surface area (Å²) < 4.78 is 5.56. The van der Waals surface area contributed by atoms with Gasteiger partial charge in [-0.3, -0.25) is 4.90 Å². The molecule has 0 radical (unpaired) electrons. The fourth-order valence-electron chi connectivity index (χ4n) is 2.81. The van der Waals surface area contributed by atoms with Gasteiger partial charge in [-0.2, -0.15) is 0 Å². The number of hydrogen-bond acceptors (Lipinski definition) is 3. The number of fused-ring (bicyclic) bond motifs is 1. The van der Waals surface area contributed by atoms with Gasteiger partial charge in [0, 0.05) is 13.1 Å². The van der Waals surface area contributed by atoms with Crippen molar-refractivity contribution in [3.05, 3.63) is 34.9 Å². The molecular formula is C17H26N2O2. The maximum absolute atomic E-state index is 12.5. The summed E-state index contributed by atoms with van der Waals surface area (Å²) in [6.45, 7) is 9.24. The van der Waals surface area contributed by atoms with Gasteiger partial charge in [0.05, 0.1) is 6.04 Å². The standard InChI is InChI=1S/C17H26N2O2/c1-12-7-6-8-13-11-19(16(20)21-17(2,3)4)14(10-18-5)9-15(12)13/h6-8,14,18H,9-11H2,1-5H3. The number of ether oxygens (including phenoxy) is 1. The van der Waals surface area contributed by atoms with Gasteiger partial charge in [-0.05, 0) is 57.9 Å². The van der Waals surface area contributed by atoms with E-state index >= 15 is 0 Å². The summed E-state index contributed by atoms with van der Waals surface area (Å²) >= 11 is 0. The summed E-state index contributed by atoms with van der Waals surface area (Å²) in [5.74, 6) is 0. The van der Waals surface area contributed by atoms with Crippen molar-refractivity contribution in [3.8, 4) is 0 Å². The number of amides is 1. The van der Waals surface area contributed by atoms with Gasteiger partial charge in [0.2, 0.25) is 0 Å². The molecule has 1 aromatic rings. The highest BCUT2D eigenvalue weighted by Gasteiger charge is 2.32. The Morgan fingerprint density at radius 2 is 2.14 bits per heavy atom. The van der Waals surface area contributed by atoms with Gasteiger partial charge < -0.3 is 10.1 Å². The van der Waals surface area contributed by atoms with Gasteiger partial charge in [0.15, 0.2) is 0 Å². The number of carbonyl (C=O) groups is 1. The Morgan fingerprint density at radius 3 is 2.76 bits per heavy atom. The first-order chi connectivity index (χ1) is 9.81. The molecule has 0 aliphatic carbocycles. The van der Waals surface area contributed by atoms with Gasteiger partial charge in [-0.1, -0.05) is 18.2 Å². The van der Waals surface area contributed by atoms with Crippen LogP contribution < -0.4 is 5.32 Å². The Bertz CT molecular complexity index is 520. The molecule has 1 unspecified atom stereocenters. The third-order valence-corrected chi connectivity index (χ3v) is 3.80. The molecule has 0 saturated heterocycles. The van der Waals surface area contributed by atoms with E-state index in [4.69, 9.17) is 4.74 Å². The van der Waals surface area contributed by atoms with Gasteiger partial charge >= 0.3 is 6.09 Å². The first kappa shape index (κ1) is 15.8. The zero-order valence-electron chi connectivity index (χ0n) is 13.7. The average Bonchev–Trinajstić information content (AvgIpc) is 2.37. The largest absolute Gasteiger partial charge is 0.444 e. The highest BCUT2D eigenvalue weighted by molar-refractivity contribution is 5.69. The van der Waals surface area contributed by atoms with E-state index in [1.54, 1.807) is 0 Å². The minimum atomic E-state index is -0.464. The molecule has 0 saturated carbocycles. The minimum absolute atomic E-state index is 0.137. The third-order valence-electron chi connectivity index (χ3n) is 3.80. The Morgan fingerprint density at radius 1 is 1.43 bits per heavy atom. The van der Waals surface area contributed by atoms with Crippen molar-refractivity contribution in [2.45, 2.75) is 52.3 Å². The molecule has 0 fully saturated rings. The van der Waals surface area contributed by atoms with Crippen LogP contribution in [0.2, 0.25) is 0 Å². The van der Waals surface area contributed by atoms with Crippen LogP contribution >= 0.6 is 0 Å². The molecule has 1 aliphatic heterocycles. The Kier molecular flexibility index (Phi) is 4.57. The van der Waals surface area contributed by atoms with Crippen molar-refractivity contribution in [1.29, 1.82) is 0 Å². The van der Waals surface area contributed by atoms with Crippen molar-refractivity contribution in [3.63, 3.8) is 0 Å². The van der Waals surface area contributed by atoms with Crippen LogP contribution in [0.25, 0.3) is 0 Å². The second-order valence-electron chi connectivity index (χ2n) is 6.74. The van der Waals surface area contributed by atoms with Crippen molar-refractivity contribution in [2.75, 3.05) is 13.6 Å². The topological polar surface area (TPSA) is 41.6 Å². The summed E-state index contributed by atoms with van der Waals surface area (Å²) in [6.07, 6.45) is 0.650. The zero-order valence-corrected chi connectivity index (χ0v) is 13.7. The quantitative estimate of drug-likeness (QED) is 0.910. The highest BCUT2D eigenvalue weighted by atomic mass is 16.6. The molecule has 1 amide bonds. The normalized spacial score (nSPS) is 18.3. The third kappa shape index (κ3) is 3.76. The van der Waals surface area contributed by atoms with Crippen LogP contribution in [0.4, 0.5) is 4.79 Å². The van der Waals surface area contributed by atoms with Gasteiger partial charge in [0.1, 0.15) is 5.60 Å². The first-order valence-electron chi connectivity index (χ1n) is 7.53. The van der Waals surface area contributed by atoms with E-state index in [2.05, 4.69) is 30.4 Å². The van der Waals surface area contributed by atoms with Crippen LogP contribution in [-0.2, 0) is 17.7 Å². The van der Waals surface area contributed by atoms with E-state index < -0.39 is 5.60 Å². The van der Waals surface area contributed by atoms with E-state index in [-0.39, 0.29) is 12.1 Å². The van der Waals surface area contributed by atoms with Crippen LogP contribution in [0.3, 0.4) is 0 Å². The number of carbonyl (C=O) groups excluding carboxylic acids is 1. The van der Waals surface area contributed by atoms with Crippen LogP contribution in [0.15, 0.2) is 18.2 Å². The lowest BCUT2D eigenvalue weighted by Crippen LogP contribution is -2.50. The van der Waals surface area contributed by atoms with Crippen LogP contribution in [-0.4, -0.2) is 36.2 Å². The average molecular weight is 290 g/mol. The van der Waals surface area contributed by atoms with E-state index in [0.717, 1.165) is 13.0 Å². The van der Waals surface area contributed by atoms with E-state index in [0.29, 0.717) is 6.54 Å². The monoisotopic (exact) mass is 290 g/mol. The molecule has 1 heterocycles. The number of rotatable bonds is 2. The summed E-state index contributed by atoms with van der Waals surface area (Å²) in [5, 5.41) is 3.19. The van der Waals surface area contributed by atoms with Crippen molar-refractivity contribution in [2.24, 2.45) is 0 Å². The van der Waals surface area contributed by atoms with Crippen molar-refractivity contribution in [1.82, 2.24) is 10.2 Å². The summed E-state index contributed by atoms with van der Waals surface area (Å²) in [5.41, 5.74) is 3.44. The lowest BCUT2D eigenvalue weighted by Gasteiger charge is -2.38. The molecule has 2 rings (SSSR count). The second-order valence-corrected chi connectivity index (χ2v) is 6.74. The maximum Gasteiger partial charge on any atom is 0.410 e. The molecule has 4 heteroatoms. The first-order valence-corrected chi connectivity index (χ1v) is 7.53. The molecule has 1 aliphatic rings. The van der Waals surface area contributed by atoms with Gasteiger partial charge in [0.25, 0.3) is 0 Å². The van der Waals surface area contributed by atoms with Crippen LogP contribution in [0, 0.1) is 6.92 Å². The number of hydrogen-bond donors (Lipinski definition) is 1. The maximum atomic E-state index is 12.5. The molecule has 1 N–H and O–H groups in total. The molecule has 0 spiro atoms. The van der Waals surface area contributed by atoms with E-state index in [1.807, 2.05) is 32.7 Å². The molecular weight excluding hydrogens is 264 g/mol. The number of likely N-dealkylation sites (N-methyl/N-ethyl adjacent to an activating group) is 1. The minimum Gasteiger partial charge on any atom is -0.444 e. The fraction of sp³-hybridized carbons (Fsp3) is 0.588. The van der Waals surface area contributed by atoms with Crippen molar-refractivity contribution < 1.29 is 9.53 Å². The van der Waals surface area contributed by atoms with E-state index in [1.165, 1.54) is 16.7 Å². The molecule has 116 valence electrons. The number of nitrogens with one attached hydrogen (secondary N) is 1. The molecule has 1 atom stereocenters. The number of nitrogens with zero attached hydrogens (tertiary/aromatic N) is 1. The Labute approximate surface area is 127 Å². The molecule has 0 aromatic heterocycles. The van der Waals surface area contributed by atoms with Gasteiger partial charge in [-0.15, -0.1) is 0 Å². The van der Waals surface area contributed by atoms with Crippen LogP contribution in [0.5, 0.6) is 0 Å². The Balaban J connectivity index is 2.25. The smallest absolute Gasteiger partial charge is 0.410 e. The SMILES string of the molecule is CNCC1Cc2c(C)cccc2CN1C(=O)OC(C)(C)C. The van der Waals surface area contributed by atoms with Crippen molar-refractivity contribution >= 4 is 6.09 Å². The molecule has 0 bridgehead atoms. The molecule has 1 aromatic carbocycles. The van der Waals surface area contributed by atoms with E-state index in [9.17, 15) is 4.79 Å². The molecule has 4 nitrogen and oxygen atoms in total. The summed E-state index contributed by atoms with van der Waals surface area (Å²) in [6, 6.07) is 6.44. The Hall–Kier alpha value is -1.55. The fourth-order valence-corrected chi connectivity index (χ4v) is 2.81. The van der Waals surface area contributed by atoms with Crippen LogP contribution in [0.1, 0.15) is 37.5 Å². The highest BCUT2D eigenvalue weighted by Crippen LogP contribution is 2.27. The number of benzene rings is 1. The summed E-state index contributed by atoms with van der Waals surface area (Å²) in [7, 11) is 1.92.